The van der Waals surface area contributed by atoms with Crippen molar-refractivity contribution in [1.82, 2.24) is 0 Å². The molecule has 0 saturated heterocycles. The molecule has 1 heterocycles. The number of carboxylic acid groups (broad SMARTS) is 1. The van der Waals surface area contributed by atoms with Crippen LogP contribution in [0.3, 0.4) is 0 Å². The molecule has 1 aromatic rings. The van der Waals surface area contributed by atoms with Gasteiger partial charge >= 0.3 is 5.97 Å². The minimum absolute atomic E-state index is 0.218. The Morgan fingerprint density at radius 3 is 3.06 bits per heavy atom. The molecule has 2 atom stereocenters. The van der Waals surface area contributed by atoms with Gasteiger partial charge in [-0.15, -0.1) is 0 Å². The Bertz CT molecular complexity index is 471. The van der Waals surface area contributed by atoms with E-state index in [4.69, 9.17) is 21.4 Å². The number of halogens is 1. The maximum absolute atomic E-state index is 11.1. The zero-order chi connectivity index (χ0) is 11.3. The van der Waals surface area contributed by atoms with Gasteiger partial charge in [-0.3, -0.25) is 4.79 Å². The number of ether oxygens (including phenoxy) is 1. The number of rotatable bonds is 1. The molecule has 3 nitrogen and oxygen atoms in total. The van der Waals surface area contributed by atoms with Crippen molar-refractivity contribution in [2.75, 3.05) is 6.61 Å². The summed E-state index contributed by atoms with van der Waals surface area (Å²) in [4.78, 5) is 11.1. The van der Waals surface area contributed by atoms with Crippen molar-refractivity contribution >= 4 is 17.6 Å². The van der Waals surface area contributed by atoms with Crippen LogP contribution in [0.4, 0.5) is 0 Å². The largest absolute Gasteiger partial charge is 0.493 e. The average molecular weight is 239 g/mol. The predicted octanol–water partition coefficient (Wildman–Crippen LogP) is 2.46. The first-order chi connectivity index (χ1) is 7.63. The highest BCUT2D eigenvalue weighted by molar-refractivity contribution is 6.30. The van der Waals surface area contributed by atoms with Gasteiger partial charge in [0.1, 0.15) is 5.75 Å². The lowest BCUT2D eigenvalue weighted by Crippen LogP contribution is -2.24. The molecule has 1 fully saturated rings. The summed E-state index contributed by atoms with van der Waals surface area (Å²) < 4.78 is 5.53. The molecule has 1 spiro atoms. The molecule has 3 rings (SSSR count). The second kappa shape index (κ2) is 3.14. The molecule has 1 aromatic carbocycles. The van der Waals surface area contributed by atoms with Crippen LogP contribution >= 0.6 is 11.6 Å². The van der Waals surface area contributed by atoms with E-state index >= 15 is 0 Å². The first kappa shape index (κ1) is 9.97. The van der Waals surface area contributed by atoms with Gasteiger partial charge in [-0.2, -0.15) is 0 Å². The Kier molecular flexibility index (Phi) is 1.96. The van der Waals surface area contributed by atoms with E-state index in [0.717, 1.165) is 17.7 Å². The highest BCUT2D eigenvalue weighted by Gasteiger charge is 2.61. The number of benzene rings is 1. The SMILES string of the molecule is O=C(O)C1CC12CCOc1ccc(Cl)cc12. The molecular weight excluding hydrogens is 228 g/mol. The van der Waals surface area contributed by atoms with E-state index in [-0.39, 0.29) is 11.3 Å². The summed E-state index contributed by atoms with van der Waals surface area (Å²) in [6.45, 7) is 0.596. The third-order valence-corrected chi connectivity index (χ3v) is 3.89. The minimum Gasteiger partial charge on any atom is -0.493 e. The van der Waals surface area contributed by atoms with Gasteiger partial charge in [-0.25, -0.2) is 0 Å². The summed E-state index contributed by atoms with van der Waals surface area (Å²) in [5, 5.41) is 9.73. The molecule has 84 valence electrons. The van der Waals surface area contributed by atoms with E-state index in [0.29, 0.717) is 18.1 Å². The minimum atomic E-state index is -0.715. The lowest BCUT2D eigenvalue weighted by molar-refractivity contribution is -0.139. The zero-order valence-corrected chi connectivity index (χ0v) is 9.33. The van der Waals surface area contributed by atoms with Crippen molar-refractivity contribution in [2.45, 2.75) is 18.3 Å². The van der Waals surface area contributed by atoms with Crippen molar-refractivity contribution < 1.29 is 14.6 Å². The van der Waals surface area contributed by atoms with Crippen LogP contribution < -0.4 is 4.74 Å². The topological polar surface area (TPSA) is 46.5 Å². The molecule has 0 radical (unpaired) electrons. The second-order valence-corrected chi connectivity index (χ2v) is 4.93. The van der Waals surface area contributed by atoms with Crippen molar-refractivity contribution in [3.8, 4) is 5.75 Å². The summed E-state index contributed by atoms with van der Waals surface area (Å²) in [5.41, 5.74) is 0.753. The van der Waals surface area contributed by atoms with Gasteiger partial charge in [-0.05, 0) is 31.0 Å². The molecule has 2 aliphatic rings. The highest BCUT2D eigenvalue weighted by atomic mass is 35.5. The predicted molar refractivity (Wildman–Crippen MR) is 59.0 cm³/mol. The lowest BCUT2D eigenvalue weighted by atomic mass is 9.87. The quantitative estimate of drug-likeness (QED) is 0.818. The van der Waals surface area contributed by atoms with E-state index in [1.807, 2.05) is 12.1 Å². The monoisotopic (exact) mass is 238 g/mol. The number of carbonyl (C=O) groups is 1. The molecule has 16 heavy (non-hydrogen) atoms. The Morgan fingerprint density at radius 1 is 1.56 bits per heavy atom. The summed E-state index contributed by atoms with van der Waals surface area (Å²) in [6, 6.07) is 5.45. The Morgan fingerprint density at radius 2 is 2.38 bits per heavy atom. The molecular formula is C12H11ClO3. The van der Waals surface area contributed by atoms with Gasteiger partial charge in [0.05, 0.1) is 12.5 Å². The van der Waals surface area contributed by atoms with E-state index in [1.54, 1.807) is 6.07 Å². The highest BCUT2D eigenvalue weighted by Crippen LogP contribution is 2.60. The molecule has 2 unspecified atom stereocenters. The van der Waals surface area contributed by atoms with Crippen molar-refractivity contribution in [3.63, 3.8) is 0 Å². The number of carboxylic acids is 1. The fourth-order valence-electron chi connectivity index (χ4n) is 2.70. The number of hydrogen-bond donors (Lipinski definition) is 1. The van der Waals surface area contributed by atoms with Crippen LogP contribution in [0.15, 0.2) is 18.2 Å². The maximum Gasteiger partial charge on any atom is 0.307 e. The van der Waals surface area contributed by atoms with Crippen molar-refractivity contribution in [2.24, 2.45) is 5.92 Å². The second-order valence-electron chi connectivity index (χ2n) is 4.49. The van der Waals surface area contributed by atoms with Gasteiger partial charge in [0.25, 0.3) is 0 Å². The van der Waals surface area contributed by atoms with Gasteiger partial charge in [-0.1, -0.05) is 11.6 Å². The van der Waals surface area contributed by atoms with Crippen LogP contribution in [0.2, 0.25) is 5.02 Å². The summed E-state index contributed by atoms with van der Waals surface area (Å²) in [7, 11) is 0. The van der Waals surface area contributed by atoms with Crippen LogP contribution in [0.5, 0.6) is 5.75 Å². The maximum atomic E-state index is 11.1. The van der Waals surface area contributed by atoms with Gasteiger partial charge in [0.2, 0.25) is 0 Å². The standard InChI is InChI=1S/C12H11ClO3/c13-7-1-2-10-8(5-7)12(3-4-16-10)6-9(12)11(14)15/h1-2,5,9H,3-4,6H2,(H,14,15). The third kappa shape index (κ3) is 1.24. The Labute approximate surface area is 98.0 Å². The van der Waals surface area contributed by atoms with Crippen LogP contribution in [0.25, 0.3) is 0 Å². The van der Waals surface area contributed by atoms with E-state index in [2.05, 4.69) is 0 Å². The fourth-order valence-corrected chi connectivity index (χ4v) is 2.87. The number of hydrogen-bond acceptors (Lipinski definition) is 2. The molecule has 0 amide bonds. The van der Waals surface area contributed by atoms with E-state index in [1.165, 1.54) is 0 Å². The van der Waals surface area contributed by atoms with Crippen molar-refractivity contribution in [3.05, 3.63) is 28.8 Å². The molecule has 0 bridgehead atoms. The van der Waals surface area contributed by atoms with E-state index < -0.39 is 5.97 Å². The van der Waals surface area contributed by atoms with Crippen LogP contribution in [-0.2, 0) is 10.2 Å². The summed E-state index contributed by atoms with van der Waals surface area (Å²) in [5.74, 6) is -0.194. The average Bonchev–Trinajstić information content (AvgIpc) is 2.96. The number of fused-ring (bicyclic) bond motifs is 2. The molecule has 1 saturated carbocycles. The molecule has 1 aliphatic heterocycles. The van der Waals surface area contributed by atoms with Crippen molar-refractivity contribution in [1.29, 1.82) is 0 Å². The molecule has 4 heteroatoms. The summed E-state index contributed by atoms with van der Waals surface area (Å²) in [6.07, 6.45) is 1.48. The van der Waals surface area contributed by atoms with Crippen LogP contribution in [-0.4, -0.2) is 17.7 Å². The third-order valence-electron chi connectivity index (χ3n) is 3.66. The van der Waals surface area contributed by atoms with Gasteiger partial charge < -0.3 is 9.84 Å². The first-order valence-corrected chi connectivity index (χ1v) is 5.67. The number of aliphatic carboxylic acids is 1. The summed E-state index contributed by atoms with van der Waals surface area (Å²) >= 11 is 5.96. The Hall–Kier alpha value is -1.22. The molecule has 1 aliphatic carbocycles. The first-order valence-electron chi connectivity index (χ1n) is 5.29. The fraction of sp³-hybridized carbons (Fsp3) is 0.417. The van der Waals surface area contributed by atoms with Gasteiger partial charge in [0.15, 0.2) is 0 Å². The van der Waals surface area contributed by atoms with Gasteiger partial charge in [0, 0.05) is 16.0 Å². The lowest BCUT2D eigenvalue weighted by Gasteiger charge is -2.26. The Balaban J connectivity index is 2.07. The van der Waals surface area contributed by atoms with Crippen LogP contribution in [0, 0.1) is 5.92 Å². The molecule has 1 N–H and O–H groups in total. The van der Waals surface area contributed by atoms with E-state index in [9.17, 15) is 4.79 Å². The smallest absolute Gasteiger partial charge is 0.307 e. The zero-order valence-electron chi connectivity index (χ0n) is 8.57. The van der Waals surface area contributed by atoms with Crippen LogP contribution in [0.1, 0.15) is 18.4 Å². The normalized spacial score (nSPS) is 30.7. The molecule has 0 aromatic heterocycles.